The fourth-order valence-electron chi connectivity index (χ4n) is 1.13. The Labute approximate surface area is 106 Å². The second-order valence-electron chi connectivity index (χ2n) is 4.62. The van der Waals surface area contributed by atoms with Gasteiger partial charge in [0.25, 0.3) is 0 Å². The minimum Gasteiger partial charge on any atom is -0.343 e. The number of amides is 1. The van der Waals surface area contributed by atoms with Crippen molar-refractivity contribution in [3.63, 3.8) is 0 Å². The van der Waals surface area contributed by atoms with E-state index in [4.69, 9.17) is 5.73 Å². The lowest BCUT2D eigenvalue weighted by atomic mass is 9.99. The van der Waals surface area contributed by atoms with Gasteiger partial charge in [0, 0.05) is 11.6 Å². The summed E-state index contributed by atoms with van der Waals surface area (Å²) in [5, 5.41) is 4.45. The molecule has 1 rings (SSSR count). The van der Waals surface area contributed by atoms with Crippen LogP contribution in [0.5, 0.6) is 0 Å². The third-order valence-corrected chi connectivity index (χ3v) is 3.55. The van der Waals surface area contributed by atoms with Gasteiger partial charge in [0.1, 0.15) is 5.01 Å². The molecular weight excluding hydrogens is 267 g/mol. The van der Waals surface area contributed by atoms with Gasteiger partial charge in [0.05, 0.1) is 5.54 Å². The van der Waals surface area contributed by atoms with Gasteiger partial charge in [-0.05, 0) is 20.8 Å². The summed E-state index contributed by atoms with van der Waals surface area (Å²) >= 11 is 1.24. The monoisotopic (exact) mass is 281 g/mol. The first-order valence-electron chi connectivity index (χ1n) is 5.06. The minimum atomic E-state index is -4.81. The summed E-state index contributed by atoms with van der Waals surface area (Å²) in [7, 11) is 0. The molecule has 1 aromatic heterocycles. The molecule has 8 heteroatoms. The molecule has 3 N–H and O–H groups in total. The largest absolute Gasteiger partial charge is 0.415 e. The van der Waals surface area contributed by atoms with Crippen molar-refractivity contribution in [1.29, 1.82) is 0 Å². The minimum absolute atomic E-state index is 0.508. The molecule has 4 nitrogen and oxygen atoms in total. The molecule has 0 spiro atoms. The number of carbonyl (C=O) groups excluding carboxylic acids is 1. The van der Waals surface area contributed by atoms with E-state index in [0.717, 1.165) is 0 Å². The van der Waals surface area contributed by atoms with Gasteiger partial charge in [-0.2, -0.15) is 13.2 Å². The van der Waals surface area contributed by atoms with Crippen molar-refractivity contribution >= 4 is 17.2 Å². The van der Waals surface area contributed by atoms with Gasteiger partial charge in [0.2, 0.25) is 5.91 Å². The Balaban J connectivity index is 2.89. The Morgan fingerprint density at radius 1 is 1.39 bits per heavy atom. The second kappa shape index (κ2) is 4.51. The van der Waals surface area contributed by atoms with Crippen LogP contribution in [-0.2, 0) is 10.3 Å². The molecule has 102 valence electrons. The van der Waals surface area contributed by atoms with Gasteiger partial charge < -0.3 is 11.1 Å². The Bertz CT molecular complexity index is 426. The lowest BCUT2D eigenvalue weighted by Gasteiger charge is -2.31. The third-order valence-electron chi connectivity index (χ3n) is 2.45. The number of nitrogens with one attached hydrogen (secondary N) is 1. The number of halogens is 3. The van der Waals surface area contributed by atoms with E-state index in [-0.39, 0.29) is 0 Å². The summed E-state index contributed by atoms with van der Waals surface area (Å²) in [5.74, 6) is -1.28. The first-order chi connectivity index (χ1) is 7.98. The lowest BCUT2D eigenvalue weighted by molar-refractivity contribution is -0.188. The van der Waals surface area contributed by atoms with Crippen LogP contribution in [0.1, 0.15) is 25.8 Å². The molecular formula is C10H14F3N3OS. The van der Waals surface area contributed by atoms with Crippen molar-refractivity contribution in [1.82, 2.24) is 10.3 Å². The van der Waals surface area contributed by atoms with Gasteiger partial charge in [-0.15, -0.1) is 11.3 Å². The first-order valence-corrected chi connectivity index (χ1v) is 5.94. The number of carbonyl (C=O) groups is 1. The van der Waals surface area contributed by atoms with Crippen molar-refractivity contribution in [2.24, 2.45) is 5.73 Å². The molecule has 0 aliphatic rings. The van der Waals surface area contributed by atoms with Gasteiger partial charge in [-0.25, -0.2) is 4.98 Å². The van der Waals surface area contributed by atoms with E-state index in [1.807, 2.05) is 0 Å². The number of nitrogens with two attached hydrogens (primary N) is 1. The van der Waals surface area contributed by atoms with Gasteiger partial charge >= 0.3 is 6.18 Å². The summed E-state index contributed by atoms with van der Waals surface area (Å²) < 4.78 is 37.8. The first kappa shape index (κ1) is 14.9. The molecule has 18 heavy (non-hydrogen) atoms. The average Bonchev–Trinajstić information content (AvgIpc) is 2.67. The maximum Gasteiger partial charge on any atom is 0.415 e. The Morgan fingerprint density at radius 2 is 1.94 bits per heavy atom. The van der Waals surface area contributed by atoms with Crippen LogP contribution in [0.3, 0.4) is 0 Å². The zero-order chi connectivity index (χ0) is 14.2. The van der Waals surface area contributed by atoms with Crippen molar-refractivity contribution in [2.45, 2.75) is 38.0 Å². The Hall–Kier alpha value is -1.15. The highest BCUT2D eigenvalue weighted by Gasteiger charge is 2.54. The highest BCUT2D eigenvalue weighted by molar-refractivity contribution is 7.09. The topological polar surface area (TPSA) is 68.0 Å². The van der Waals surface area contributed by atoms with Crippen LogP contribution in [0.15, 0.2) is 11.6 Å². The average molecular weight is 281 g/mol. The van der Waals surface area contributed by atoms with E-state index in [9.17, 15) is 18.0 Å². The Morgan fingerprint density at radius 3 is 2.33 bits per heavy atom. The van der Waals surface area contributed by atoms with Crippen LogP contribution in [0.2, 0.25) is 0 Å². The molecule has 0 aromatic carbocycles. The van der Waals surface area contributed by atoms with Gasteiger partial charge in [-0.1, -0.05) is 0 Å². The summed E-state index contributed by atoms with van der Waals surface area (Å²) in [6, 6.07) is 0. The van der Waals surface area contributed by atoms with E-state index in [0.29, 0.717) is 11.9 Å². The summed E-state index contributed by atoms with van der Waals surface area (Å²) in [5.41, 5.74) is 1.11. The maximum absolute atomic E-state index is 12.6. The molecule has 0 bridgehead atoms. The number of nitrogens with zero attached hydrogens (tertiary/aromatic N) is 1. The molecule has 1 unspecified atom stereocenters. The van der Waals surface area contributed by atoms with Crippen LogP contribution in [0.25, 0.3) is 0 Å². The van der Waals surface area contributed by atoms with Crippen molar-refractivity contribution in [3.05, 3.63) is 16.6 Å². The van der Waals surface area contributed by atoms with Crippen LogP contribution in [0, 0.1) is 0 Å². The maximum atomic E-state index is 12.6. The van der Waals surface area contributed by atoms with Gasteiger partial charge in [-0.3, -0.25) is 4.79 Å². The number of alkyl halides is 3. The highest BCUT2D eigenvalue weighted by atomic mass is 32.1. The predicted octanol–water partition coefficient (Wildman–Crippen LogP) is 1.77. The Kier molecular flexibility index (Phi) is 3.73. The van der Waals surface area contributed by atoms with Gasteiger partial charge in [0.15, 0.2) is 5.54 Å². The van der Waals surface area contributed by atoms with Crippen molar-refractivity contribution < 1.29 is 18.0 Å². The molecule has 1 amide bonds. The summed E-state index contributed by atoms with van der Waals surface area (Å²) in [4.78, 5) is 15.6. The standard InChI is InChI=1S/C10H14F3N3OS/c1-8(2,7-15-4-5-18-7)16-6(17)9(3,14)10(11,12)13/h4-5H,14H2,1-3H3,(H,16,17). The number of aromatic nitrogens is 1. The third kappa shape index (κ3) is 2.81. The molecule has 1 aromatic rings. The normalized spacial score (nSPS) is 16.2. The zero-order valence-electron chi connectivity index (χ0n) is 10.1. The highest BCUT2D eigenvalue weighted by Crippen LogP contribution is 2.30. The van der Waals surface area contributed by atoms with Crippen LogP contribution < -0.4 is 11.1 Å². The predicted molar refractivity (Wildman–Crippen MR) is 61.9 cm³/mol. The molecule has 0 aliphatic heterocycles. The van der Waals surface area contributed by atoms with Crippen LogP contribution in [-0.4, -0.2) is 22.6 Å². The zero-order valence-corrected chi connectivity index (χ0v) is 10.9. The fourth-order valence-corrected chi connectivity index (χ4v) is 1.85. The van der Waals surface area contributed by atoms with Crippen molar-refractivity contribution in [2.75, 3.05) is 0 Å². The molecule has 1 heterocycles. The molecule has 0 aliphatic carbocycles. The molecule has 0 saturated carbocycles. The fraction of sp³-hybridized carbons (Fsp3) is 0.600. The summed E-state index contributed by atoms with van der Waals surface area (Å²) in [6.07, 6.45) is -3.30. The molecule has 1 atom stereocenters. The number of hydrogen-bond donors (Lipinski definition) is 2. The SMILES string of the molecule is CC(C)(NC(=O)C(C)(N)C(F)(F)F)c1nccs1. The second-order valence-corrected chi connectivity index (χ2v) is 5.51. The van der Waals surface area contributed by atoms with E-state index < -0.39 is 23.2 Å². The molecule has 0 radical (unpaired) electrons. The van der Waals surface area contributed by atoms with E-state index >= 15 is 0 Å². The van der Waals surface area contributed by atoms with E-state index in [1.165, 1.54) is 17.5 Å². The number of hydrogen-bond acceptors (Lipinski definition) is 4. The van der Waals surface area contributed by atoms with Crippen molar-refractivity contribution in [3.8, 4) is 0 Å². The van der Waals surface area contributed by atoms with E-state index in [1.54, 1.807) is 19.2 Å². The van der Waals surface area contributed by atoms with E-state index in [2.05, 4.69) is 10.3 Å². The number of thiazole rings is 1. The van der Waals surface area contributed by atoms with Crippen LogP contribution in [0.4, 0.5) is 13.2 Å². The summed E-state index contributed by atoms with van der Waals surface area (Å²) in [6.45, 7) is 3.77. The number of rotatable bonds is 3. The van der Waals surface area contributed by atoms with Crippen LogP contribution >= 0.6 is 11.3 Å². The molecule has 0 saturated heterocycles. The smallest absolute Gasteiger partial charge is 0.343 e. The quantitative estimate of drug-likeness (QED) is 0.887. The lowest BCUT2D eigenvalue weighted by Crippen LogP contribution is -2.63. The molecule has 0 fully saturated rings.